The fourth-order valence-electron chi connectivity index (χ4n) is 1.20. The minimum absolute atomic E-state index is 0.433. The monoisotopic (exact) mass is 233 g/mol. The molecule has 16 heavy (non-hydrogen) atoms. The van der Waals surface area contributed by atoms with Crippen LogP contribution in [0.4, 0.5) is 4.79 Å². The summed E-state index contributed by atoms with van der Waals surface area (Å²) in [6, 6.07) is 11.0. The van der Waals surface area contributed by atoms with Gasteiger partial charge < -0.3 is 10.1 Å². The van der Waals surface area contributed by atoms with Crippen LogP contribution in [-0.4, -0.2) is 6.09 Å². The largest absolute Gasteiger partial charge is 0.412 e. The lowest BCUT2D eigenvalue weighted by molar-refractivity contribution is 0.200. The van der Waals surface area contributed by atoms with Gasteiger partial charge in [0.25, 0.3) is 0 Å². The summed E-state index contributed by atoms with van der Waals surface area (Å²) in [5.74, 6) is 0.547. The van der Waals surface area contributed by atoms with Crippen LogP contribution in [-0.2, 0) is 6.54 Å². The third kappa shape index (κ3) is 3.10. The number of carbonyl (C=O) groups is 1. The zero-order valence-electron chi connectivity index (χ0n) is 8.55. The van der Waals surface area contributed by atoms with Gasteiger partial charge in [-0.05, 0) is 34.5 Å². The predicted molar refractivity (Wildman–Crippen MR) is 63.6 cm³/mol. The summed E-state index contributed by atoms with van der Waals surface area (Å²) < 4.78 is 5.07. The van der Waals surface area contributed by atoms with E-state index >= 15 is 0 Å². The van der Waals surface area contributed by atoms with E-state index < -0.39 is 6.09 Å². The van der Waals surface area contributed by atoms with Gasteiger partial charge in [-0.2, -0.15) is 11.3 Å². The lowest BCUT2D eigenvalue weighted by Gasteiger charge is -2.05. The van der Waals surface area contributed by atoms with E-state index in [1.807, 2.05) is 35.0 Å². The Bertz CT molecular complexity index is 439. The number of carbonyl (C=O) groups excluding carboxylic acids is 1. The fourth-order valence-corrected chi connectivity index (χ4v) is 1.87. The van der Waals surface area contributed by atoms with E-state index in [4.69, 9.17) is 4.74 Å². The zero-order chi connectivity index (χ0) is 11.2. The molecule has 0 aliphatic rings. The Morgan fingerprint density at radius 1 is 1.25 bits per heavy atom. The summed E-state index contributed by atoms with van der Waals surface area (Å²) in [6.07, 6.45) is -0.433. The highest BCUT2D eigenvalue weighted by Gasteiger charge is 2.03. The second-order valence-electron chi connectivity index (χ2n) is 3.19. The molecule has 0 saturated carbocycles. The molecule has 1 amide bonds. The number of para-hydroxylation sites is 1. The Labute approximate surface area is 97.7 Å². The average Bonchev–Trinajstić information content (AvgIpc) is 2.81. The summed E-state index contributed by atoms with van der Waals surface area (Å²) in [6.45, 7) is 0.495. The van der Waals surface area contributed by atoms with Gasteiger partial charge >= 0.3 is 6.09 Å². The van der Waals surface area contributed by atoms with E-state index in [0.717, 1.165) is 5.56 Å². The molecule has 0 aliphatic carbocycles. The number of hydrogen-bond acceptors (Lipinski definition) is 3. The van der Waals surface area contributed by atoms with E-state index in [1.54, 1.807) is 23.5 Å². The lowest BCUT2D eigenvalue weighted by atomic mass is 10.3. The number of ether oxygens (including phenoxy) is 1. The molecule has 3 nitrogen and oxygen atoms in total. The molecule has 82 valence electrons. The highest BCUT2D eigenvalue weighted by Crippen LogP contribution is 2.09. The minimum atomic E-state index is -0.433. The van der Waals surface area contributed by atoms with Crippen molar-refractivity contribution >= 4 is 17.4 Å². The van der Waals surface area contributed by atoms with Crippen molar-refractivity contribution in [3.8, 4) is 5.75 Å². The first-order chi connectivity index (χ1) is 7.84. The molecule has 2 rings (SSSR count). The van der Waals surface area contributed by atoms with Crippen LogP contribution in [0.3, 0.4) is 0 Å². The number of amides is 1. The topological polar surface area (TPSA) is 38.3 Å². The third-order valence-corrected chi connectivity index (χ3v) is 2.70. The average molecular weight is 233 g/mol. The first kappa shape index (κ1) is 10.7. The van der Waals surface area contributed by atoms with E-state index in [-0.39, 0.29) is 0 Å². The number of thiophene rings is 1. The Morgan fingerprint density at radius 3 is 2.75 bits per heavy atom. The molecule has 2 aromatic rings. The maximum Gasteiger partial charge on any atom is 0.412 e. The molecule has 0 radical (unpaired) electrons. The molecule has 1 aromatic carbocycles. The van der Waals surface area contributed by atoms with Crippen LogP contribution < -0.4 is 10.1 Å². The fraction of sp³-hybridized carbons (Fsp3) is 0.0833. The second kappa shape index (κ2) is 5.32. The second-order valence-corrected chi connectivity index (χ2v) is 3.97. The van der Waals surface area contributed by atoms with Crippen molar-refractivity contribution in [1.82, 2.24) is 5.32 Å². The van der Waals surface area contributed by atoms with Gasteiger partial charge in [0.15, 0.2) is 0 Å². The van der Waals surface area contributed by atoms with Crippen molar-refractivity contribution in [2.75, 3.05) is 0 Å². The lowest BCUT2D eigenvalue weighted by Crippen LogP contribution is -2.25. The molecule has 4 heteroatoms. The molecule has 0 spiro atoms. The van der Waals surface area contributed by atoms with Crippen molar-refractivity contribution in [2.24, 2.45) is 0 Å². The normalized spacial score (nSPS) is 9.75. The molecule has 0 aliphatic heterocycles. The van der Waals surface area contributed by atoms with Crippen molar-refractivity contribution in [3.05, 3.63) is 52.7 Å². The van der Waals surface area contributed by atoms with Crippen LogP contribution >= 0.6 is 11.3 Å². The van der Waals surface area contributed by atoms with E-state index in [1.165, 1.54) is 0 Å². The number of rotatable bonds is 3. The van der Waals surface area contributed by atoms with Crippen LogP contribution in [0.25, 0.3) is 0 Å². The maximum atomic E-state index is 11.4. The molecule has 1 N–H and O–H groups in total. The van der Waals surface area contributed by atoms with Crippen LogP contribution in [0.15, 0.2) is 47.2 Å². The van der Waals surface area contributed by atoms with Crippen molar-refractivity contribution in [1.29, 1.82) is 0 Å². The van der Waals surface area contributed by atoms with E-state index in [9.17, 15) is 4.79 Å². The van der Waals surface area contributed by atoms with E-state index in [2.05, 4.69) is 5.32 Å². The summed E-state index contributed by atoms with van der Waals surface area (Å²) in [7, 11) is 0. The highest BCUT2D eigenvalue weighted by atomic mass is 32.1. The van der Waals surface area contributed by atoms with Gasteiger partial charge in [-0.3, -0.25) is 0 Å². The third-order valence-electron chi connectivity index (χ3n) is 1.97. The predicted octanol–water partition coefficient (Wildman–Crippen LogP) is 3.04. The maximum absolute atomic E-state index is 11.4. The summed E-state index contributed by atoms with van der Waals surface area (Å²) >= 11 is 1.60. The van der Waals surface area contributed by atoms with Crippen LogP contribution in [0.2, 0.25) is 0 Å². The smallest absolute Gasteiger partial charge is 0.410 e. The molecule has 1 heterocycles. The number of nitrogens with one attached hydrogen (secondary N) is 1. The molecule has 0 atom stereocenters. The molecule has 0 fully saturated rings. The Morgan fingerprint density at radius 2 is 2.06 bits per heavy atom. The summed E-state index contributed by atoms with van der Waals surface area (Å²) in [5.41, 5.74) is 1.08. The molecular weight excluding hydrogens is 222 g/mol. The zero-order valence-corrected chi connectivity index (χ0v) is 9.37. The first-order valence-corrected chi connectivity index (χ1v) is 5.81. The SMILES string of the molecule is O=C(NCc1ccsc1)Oc1ccccc1. The van der Waals surface area contributed by atoms with Gasteiger partial charge in [-0.15, -0.1) is 0 Å². The molecule has 1 aromatic heterocycles. The Kier molecular flexibility index (Phi) is 3.56. The van der Waals surface area contributed by atoms with Crippen molar-refractivity contribution in [3.63, 3.8) is 0 Å². The van der Waals surface area contributed by atoms with Crippen molar-refractivity contribution in [2.45, 2.75) is 6.54 Å². The highest BCUT2D eigenvalue weighted by molar-refractivity contribution is 7.07. The number of benzene rings is 1. The Balaban J connectivity index is 1.81. The van der Waals surface area contributed by atoms with Crippen LogP contribution in [0, 0.1) is 0 Å². The number of hydrogen-bond donors (Lipinski definition) is 1. The van der Waals surface area contributed by atoms with Gasteiger partial charge in [-0.25, -0.2) is 4.79 Å². The molecule has 0 bridgehead atoms. The first-order valence-electron chi connectivity index (χ1n) is 4.86. The summed E-state index contributed by atoms with van der Waals surface area (Å²) in [5, 5.41) is 6.64. The molecule has 0 saturated heterocycles. The molecule has 0 unspecified atom stereocenters. The molecular formula is C12H11NO2S. The Hall–Kier alpha value is -1.81. The van der Waals surface area contributed by atoms with Gasteiger partial charge in [-0.1, -0.05) is 18.2 Å². The van der Waals surface area contributed by atoms with Gasteiger partial charge in [0.2, 0.25) is 0 Å². The van der Waals surface area contributed by atoms with Gasteiger partial charge in [0, 0.05) is 6.54 Å². The minimum Gasteiger partial charge on any atom is -0.410 e. The van der Waals surface area contributed by atoms with Crippen LogP contribution in [0.1, 0.15) is 5.56 Å². The van der Waals surface area contributed by atoms with Gasteiger partial charge in [0.1, 0.15) is 5.75 Å². The van der Waals surface area contributed by atoms with E-state index in [0.29, 0.717) is 12.3 Å². The quantitative estimate of drug-likeness (QED) is 0.884. The van der Waals surface area contributed by atoms with Crippen LogP contribution in [0.5, 0.6) is 5.75 Å². The van der Waals surface area contributed by atoms with Crippen molar-refractivity contribution < 1.29 is 9.53 Å². The van der Waals surface area contributed by atoms with Gasteiger partial charge in [0.05, 0.1) is 0 Å². The standard InChI is InChI=1S/C12H11NO2S/c14-12(13-8-10-6-7-16-9-10)15-11-4-2-1-3-5-11/h1-7,9H,8H2,(H,13,14). The summed E-state index contributed by atoms with van der Waals surface area (Å²) in [4.78, 5) is 11.4.